The molecule has 1 aromatic carbocycles. The molecule has 0 aliphatic heterocycles. The van der Waals surface area contributed by atoms with Crippen molar-refractivity contribution in [3.05, 3.63) is 22.7 Å². The number of benzene rings is 1. The summed E-state index contributed by atoms with van der Waals surface area (Å²) in [6.45, 7) is -0.0558. The van der Waals surface area contributed by atoms with Crippen LogP contribution in [0.15, 0.2) is 12.1 Å². The van der Waals surface area contributed by atoms with E-state index >= 15 is 0 Å². The largest absolute Gasteiger partial charge is 0.493 e. The van der Waals surface area contributed by atoms with Crippen LogP contribution in [-0.4, -0.2) is 18.3 Å². The van der Waals surface area contributed by atoms with Crippen LogP contribution in [0.2, 0.25) is 5.02 Å². The van der Waals surface area contributed by atoms with Crippen LogP contribution in [0, 0.1) is 0 Å². The number of halogens is 1. The minimum Gasteiger partial charge on any atom is -0.493 e. The maximum atomic E-state index is 9.14. The van der Waals surface area contributed by atoms with E-state index in [4.69, 9.17) is 26.2 Å². The van der Waals surface area contributed by atoms with E-state index in [2.05, 4.69) is 0 Å². The molecule has 3 nitrogen and oxygen atoms in total. The molecule has 0 heterocycles. The molecule has 0 spiro atoms. The van der Waals surface area contributed by atoms with E-state index in [0.29, 0.717) is 16.5 Å². The quantitative estimate of drug-likeness (QED) is 0.909. The fourth-order valence-electron chi connectivity index (χ4n) is 2.33. The summed E-state index contributed by atoms with van der Waals surface area (Å²) in [5.41, 5.74) is 0.729. The van der Waals surface area contributed by atoms with Gasteiger partial charge < -0.3 is 14.6 Å². The van der Waals surface area contributed by atoms with Crippen LogP contribution in [0.3, 0.4) is 0 Å². The van der Waals surface area contributed by atoms with Gasteiger partial charge in [-0.2, -0.15) is 0 Å². The number of methoxy groups -OCH3 is 1. The molecule has 18 heavy (non-hydrogen) atoms. The molecule has 1 aliphatic carbocycles. The first-order valence-corrected chi connectivity index (χ1v) is 6.76. The molecule has 1 N–H and O–H groups in total. The van der Waals surface area contributed by atoms with Crippen molar-refractivity contribution in [2.45, 2.75) is 44.8 Å². The van der Waals surface area contributed by atoms with E-state index < -0.39 is 0 Å². The van der Waals surface area contributed by atoms with Gasteiger partial charge in [0.25, 0.3) is 0 Å². The van der Waals surface area contributed by atoms with Crippen molar-refractivity contribution < 1.29 is 14.6 Å². The van der Waals surface area contributed by atoms with Crippen molar-refractivity contribution in [1.82, 2.24) is 0 Å². The van der Waals surface area contributed by atoms with Gasteiger partial charge in [0.2, 0.25) is 0 Å². The fourth-order valence-corrected chi connectivity index (χ4v) is 2.61. The molecule has 0 aromatic heterocycles. The second kappa shape index (κ2) is 6.30. The second-order valence-corrected chi connectivity index (χ2v) is 5.05. The van der Waals surface area contributed by atoms with Gasteiger partial charge in [0.05, 0.1) is 24.8 Å². The summed E-state index contributed by atoms with van der Waals surface area (Å²) in [6.07, 6.45) is 6.07. The zero-order valence-corrected chi connectivity index (χ0v) is 11.4. The molecule has 0 unspecified atom stereocenters. The minimum atomic E-state index is -0.0558. The second-order valence-electron chi connectivity index (χ2n) is 4.65. The van der Waals surface area contributed by atoms with Crippen molar-refractivity contribution in [1.29, 1.82) is 0 Å². The molecule has 4 heteroatoms. The van der Waals surface area contributed by atoms with E-state index in [1.54, 1.807) is 19.2 Å². The Kier molecular flexibility index (Phi) is 4.72. The zero-order chi connectivity index (χ0) is 13.0. The van der Waals surface area contributed by atoms with Gasteiger partial charge >= 0.3 is 0 Å². The van der Waals surface area contributed by atoms with Crippen LogP contribution in [-0.2, 0) is 6.61 Å². The first-order valence-electron chi connectivity index (χ1n) is 6.38. The maximum absolute atomic E-state index is 9.14. The van der Waals surface area contributed by atoms with Crippen LogP contribution in [0.5, 0.6) is 11.5 Å². The molecule has 0 bridgehead atoms. The van der Waals surface area contributed by atoms with Crippen LogP contribution >= 0.6 is 11.6 Å². The van der Waals surface area contributed by atoms with Gasteiger partial charge in [0.15, 0.2) is 11.5 Å². The highest BCUT2D eigenvalue weighted by Gasteiger charge is 2.19. The summed E-state index contributed by atoms with van der Waals surface area (Å²) in [5.74, 6) is 1.19. The summed E-state index contributed by atoms with van der Waals surface area (Å²) < 4.78 is 11.3. The lowest BCUT2D eigenvalue weighted by Crippen LogP contribution is -2.20. The maximum Gasteiger partial charge on any atom is 0.180 e. The number of aliphatic hydroxyl groups excluding tert-OH is 1. The van der Waals surface area contributed by atoms with Crippen molar-refractivity contribution in [3.63, 3.8) is 0 Å². The van der Waals surface area contributed by atoms with Crippen molar-refractivity contribution in [2.24, 2.45) is 0 Å². The molecule has 100 valence electrons. The SMILES string of the molecule is COc1cc(CO)cc(Cl)c1OC1CCCCC1. The Bertz CT molecular complexity index is 400. The molecule has 0 radical (unpaired) electrons. The van der Waals surface area contributed by atoms with Gasteiger partial charge in [-0.15, -0.1) is 0 Å². The van der Waals surface area contributed by atoms with Crippen molar-refractivity contribution in [2.75, 3.05) is 7.11 Å². The summed E-state index contributed by atoms with van der Waals surface area (Å²) >= 11 is 6.20. The third kappa shape index (κ3) is 3.09. The highest BCUT2D eigenvalue weighted by molar-refractivity contribution is 6.32. The Morgan fingerprint density at radius 1 is 1.28 bits per heavy atom. The Morgan fingerprint density at radius 3 is 2.61 bits per heavy atom. The third-order valence-electron chi connectivity index (χ3n) is 3.31. The predicted molar refractivity (Wildman–Crippen MR) is 71.4 cm³/mol. The molecule has 0 atom stereocenters. The molecule has 2 rings (SSSR count). The molecule has 0 saturated heterocycles. The van der Waals surface area contributed by atoms with E-state index in [9.17, 15) is 0 Å². The zero-order valence-electron chi connectivity index (χ0n) is 10.6. The number of hydrogen-bond acceptors (Lipinski definition) is 3. The summed E-state index contributed by atoms with van der Waals surface area (Å²) in [5, 5.41) is 9.64. The smallest absolute Gasteiger partial charge is 0.180 e. The van der Waals surface area contributed by atoms with E-state index in [0.717, 1.165) is 18.4 Å². The summed E-state index contributed by atoms with van der Waals surface area (Å²) in [6, 6.07) is 3.49. The van der Waals surface area contributed by atoms with Crippen LogP contribution < -0.4 is 9.47 Å². The van der Waals surface area contributed by atoms with E-state index in [1.807, 2.05) is 0 Å². The van der Waals surface area contributed by atoms with Crippen LogP contribution in [0.25, 0.3) is 0 Å². The van der Waals surface area contributed by atoms with E-state index in [-0.39, 0.29) is 12.7 Å². The van der Waals surface area contributed by atoms with E-state index in [1.165, 1.54) is 19.3 Å². The highest BCUT2D eigenvalue weighted by Crippen LogP contribution is 2.38. The molecule has 1 fully saturated rings. The number of ether oxygens (including phenoxy) is 2. The van der Waals surface area contributed by atoms with Crippen molar-refractivity contribution in [3.8, 4) is 11.5 Å². The van der Waals surface area contributed by atoms with Crippen molar-refractivity contribution >= 4 is 11.6 Å². The number of rotatable bonds is 4. The number of hydrogen-bond donors (Lipinski definition) is 1. The lowest BCUT2D eigenvalue weighted by molar-refractivity contribution is 0.149. The first-order chi connectivity index (χ1) is 8.74. The topological polar surface area (TPSA) is 38.7 Å². The Balaban J connectivity index is 2.19. The minimum absolute atomic E-state index is 0.0558. The molecule has 1 aliphatic rings. The standard InChI is InChI=1S/C14H19ClO3/c1-17-13-8-10(9-16)7-12(15)14(13)18-11-5-3-2-4-6-11/h7-8,11,16H,2-6,9H2,1H3. The third-order valence-corrected chi connectivity index (χ3v) is 3.59. The average molecular weight is 271 g/mol. The molecule has 1 saturated carbocycles. The van der Waals surface area contributed by atoms with Crippen LogP contribution in [0.4, 0.5) is 0 Å². The van der Waals surface area contributed by atoms with Gasteiger partial charge in [-0.05, 0) is 43.4 Å². The molecular formula is C14H19ClO3. The Labute approximate surface area is 113 Å². The predicted octanol–water partition coefficient (Wildman–Crippen LogP) is 3.55. The fraction of sp³-hybridized carbons (Fsp3) is 0.571. The van der Waals surface area contributed by atoms with Gasteiger partial charge in [0, 0.05) is 0 Å². The lowest BCUT2D eigenvalue weighted by atomic mass is 9.98. The van der Waals surface area contributed by atoms with Gasteiger partial charge in [-0.3, -0.25) is 0 Å². The Morgan fingerprint density at radius 2 is 2.00 bits per heavy atom. The molecule has 1 aromatic rings. The summed E-state index contributed by atoms with van der Waals surface area (Å²) in [4.78, 5) is 0. The monoisotopic (exact) mass is 270 g/mol. The number of aliphatic hydroxyl groups is 1. The van der Waals surface area contributed by atoms with Gasteiger partial charge in [-0.1, -0.05) is 18.0 Å². The first kappa shape index (κ1) is 13.5. The molecule has 0 amide bonds. The average Bonchev–Trinajstić information content (AvgIpc) is 2.42. The van der Waals surface area contributed by atoms with Gasteiger partial charge in [-0.25, -0.2) is 0 Å². The highest BCUT2D eigenvalue weighted by atomic mass is 35.5. The lowest BCUT2D eigenvalue weighted by Gasteiger charge is -2.24. The molecular weight excluding hydrogens is 252 g/mol. The Hall–Kier alpha value is -0.930. The normalized spacial score (nSPS) is 16.6. The van der Waals surface area contributed by atoms with Gasteiger partial charge in [0.1, 0.15) is 0 Å². The summed E-state index contributed by atoms with van der Waals surface area (Å²) in [7, 11) is 1.58. The van der Waals surface area contributed by atoms with Crippen LogP contribution in [0.1, 0.15) is 37.7 Å².